The Morgan fingerprint density at radius 3 is 2.88 bits per heavy atom. The van der Waals surface area contributed by atoms with Crippen molar-refractivity contribution in [3.05, 3.63) is 29.2 Å². The molecule has 2 N–H and O–H groups in total. The average molecular weight is 224 g/mol. The van der Waals surface area contributed by atoms with Gasteiger partial charge in [-0.2, -0.15) is 0 Å². The normalized spacial score (nSPS) is 12.7. The molecule has 6 heteroatoms. The average Bonchev–Trinajstić information content (AvgIpc) is 2.62. The maximum absolute atomic E-state index is 12.2. The fourth-order valence-electron chi connectivity index (χ4n) is 1.50. The molecule has 2 heterocycles. The van der Waals surface area contributed by atoms with Crippen LogP contribution in [-0.4, -0.2) is 17.3 Å². The summed E-state index contributed by atoms with van der Waals surface area (Å²) >= 11 is 0. The van der Waals surface area contributed by atoms with Crippen molar-refractivity contribution < 1.29 is 13.6 Å². The first-order valence-electron chi connectivity index (χ1n) is 4.57. The summed E-state index contributed by atoms with van der Waals surface area (Å²) in [6.45, 7) is 0. The summed E-state index contributed by atoms with van der Waals surface area (Å²) in [5.74, 6) is -0.693. The summed E-state index contributed by atoms with van der Waals surface area (Å²) in [6, 6.07) is 1.27. The number of aromatic nitrogens is 1. The predicted octanol–water partition coefficient (Wildman–Crippen LogP) is 1.21. The number of halogens is 2. The van der Waals surface area contributed by atoms with Crippen molar-refractivity contribution in [1.29, 1.82) is 0 Å². The summed E-state index contributed by atoms with van der Waals surface area (Å²) < 4.78 is 24.4. The molecular formula is C10H8F2N3O. The molecule has 83 valence electrons. The van der Waals surface area contributed by atoms with E-state index < -0.39 is 18.8 Å². The second-order valence-corrected chi connectivity index (χ2v) is 3.30. The molecule has 16 heavy (non-hydrogen) atoms. The van der Waals surface area contributed by atoms with Gasteiger partial charge in [-0.25, -0.2) is 8.78 Å². The molecule has 0 unspecified atom stereocenters. The zero-order valence-corrected chi connectivity index (χ0v) is 8.15. The van der Waals surface area contributed by atoms with Gasteiger partial charge in [-0.15, -0.1) is 0 Å². The maximum atomic E-state index is 12.2. The standard InChI is InChI=1S/C10H8F2N3O/c11-8(12)4-5-3-6(10(13)16)9-7(15-5)1-2-14-9/h1-3,8H,4H2,(H2,13,16). The molecule has 0 bridgehead atoms. The van der Waals surface area contributed by atoms with Gasteiger partial charge in [0.1, 0.15) is 5.69 Å². The zero-order chi connectivity index (χ0) is 11.7. The third-order valence-electron chi connectivity index (χ3n) is 2.14. The van der Waals surface area contributed by atoms with Crippen LogP contribution in [0.5, 0.6) is 0 Å². The number of alkyl halides is 2. The van der Waals surface area contributed by atoms with Gasteiger partial charge in [0.05, 0.1) is 17.7 Å². The van der Waals surface area contributed by atoms with E-state index in [1.165, 1.54) is 12.3 Å². The summed E-state index contributed by atoms with van der Waals surface area (Å²) in [5, 5.41) is 3.91. The number of hydrogen-bond donors (Lipinski definition) is 1. The SMILES string of the molecule is NC(=O)c1cc(CC(F)F)nc2c1[N]C=C2. The van der Waals surface area contributed by atoms with Gasteiger partial charge in [0.15, 0.2) is 0 Å². The van der Waals surface area contributed by atoms with E-state index >= 15 is 0 Å². The minimum Gasteiger partial charge on any atom is -0.366 e. The molecule has 0 spiro atoms. The van der Waals surface area contributed by atoms with Crippen LogP contribution in [0.1, 0.15) is 21.7 Å². The van der Waals surface area contributed by atoms with Crippen LogP contribution in [0, 0.1) is 0 Å². The highest BCUT2D eigenvalue weighted by atomic mass is 19.3. The van der Waals surface area contributed by atoms with Crippen LogP contribution in [-0.2, 0) is 6.42 Å². The molecule has 0 atom stereocenters. The van der Waals surface area contributed by atoms with E-state index in [0.717, 1.165) is 0 Å². The van der Waals surface area contributed by atoms with E-state index in [-0.39, 0.29) is 11.3 Å². The highest BCUT2D eigenvalue weighted by molar-refractivity contribution is 5.99. The Labute approximate surface area is 90.2 Å². The minimum atomic E-state index is -2.51. The van der Waals surface area contributed by atoms with Crippen molar-refractivity contribution in [2.24, 2.45) is 5.73 Å². The number of rotatable bonds is 3. The van der Waals surface area contributed by atoms with E-state index in [1.54, 1.807) is 6.08 Å². The summed E-state index contributed by atoms with van der Waals surface area (Å²) in [7, 11) is 0. The number of pyridine rings is 1. The molecule has 0 saturated carbocycles. The summed E-state index contributed by atoms with van der Waals surface area (Å²) in [4.78, 5) is 15.1. The first kappa shape index (κ1) is 10.5. The van der Waals surface area contributed by atoms with Crippen LogP contribution in [0.3, 0.4) is 0 Å². The van der Waals surface area contributed by atoms with E-state index in [4.69, 9.17) is 5.73 Å². The third kappa shape index (κ3) is 1.86. The summed E-state index contributed by atoms with van der Waals surface area (Å²) in [6.07, 6.45) is 0.00241. The molecule has 2 rings (SSSR count). The number of nitrogens with zero attached hydrogens (tertiary/aromatic N) is 2. The molecule has 1 amide bonds. The van der Waals surface area contributed by atoms with Crippen molar-refractivity contribution in [2.75, 3.05) is 0 Å². The van der Waals surface area contributed by atoms with Crippen molar-refractivity contribution in [3.8, 4) is 0 Å². The Morgan fingerprint density at radius 1 is 1.50 bits per heavy atom. The number of carbonyl (C=O) groups is 1. The molecule has 1 aliphatic rings. The van der Waals surface area contributed by atoms with E-state index in [9.17, 15) is 13.6 Å². The van der Waals surface area contributed by atoms with Crippen LogP contribution in [0.2, 0.25) is 0 Å². The lowest BCUT2D eigenvalue weighted by atomic mass is 10.1. The Morgan fingerprint density at radius 2 is 2.25 bits per heavy atom. The molecule has 0 fully saturated rings. The Balaban J connectivity index is 2.46. The Bertz CT molecular complexity index is 471. The molecule has 0 aromatic carbocycles. The van der Waals surface area contributed by atoms with Crippen LogP contribution < -0.4 is 11.1 Å². The number of fused-ring (bicyclic) bond motifs is 1. The van der Waals surface area contributed by atoms with Crippen LogP contribution in [0.4, 0.5) is 14.5 Å². The first-order valence-corrected chi connectivity index (χ1v) is 4.57. The topological polar surface area (TPSA) is 70.1 Å². The van der Waals surface area contributed by atoms with Crippen LogP contribution in [0.25, 0.3) is 6.08 Å². The lowest BCUT2D eigenvalue weighted by molar-refractivity contribution is 0.1000. The molecular weight excluding hydrogens is 216 g/mol. The van der Waals surface area contributed by atoms with E-state index in [2.05, 4.69) is 10.3 Å². The molecule has 0 aliphatic carbocycles. The zero-order valence-electron chi connectivity index (χ0n) is 8.15. The van der Waals surface area contributed by atoms with Gasteiger partial charge < -0.3 is 5.73 Å². The van der Waals surface area contributed by atoms with Gasteiger partial charge in [0.2, 0.25) is 6.43 Å². The molecule has 4 nitrogen and oxygen atoms in total. The fraction of sp³-hybridized carbons (Fsp3) is 0.200. The second kappa shape index (κ2) is 3.88. The highest BCUT2D eigenvalue weighted by Gasteiger charge is 2.19. The minimum absolute atomic E-state index is 0.130. The quantitative estimate of drug-likeness (QED) is 0.838. The van der Waals surface area contributed by atoms with E-state index in [0.29, 0.717) is 11.4 Å². The molecule has 1 aliphatic heterocycles. The summed E-state index contributed by atoms with van der Waals surface area (Å²) in [5.41, 5.74) is 6.18. The van der Waals surface area contributed by atoms with Crippen LogP contribution >= 0.6 is 0 Å². The van der Waals surface area contributed by atoms with Gasteiger partial charge in [-0.05, 0) is 12.1 Å². The predicted molar refractivity (Wildman–Crippen MR) is 53.3 cm³/mol. The monoisotopic (exact) mass is 224 g/mol. The molecule has 1 aromatic rings. The molecule has 1 aromatic heterocycles. The molecule has 1 radical (unpaired) electrons. The van der Waals surface area contributed by atoms with Crippen LogP contribution in [0.15, 0.2) is 12.3 Å². The van der Waals surface area contributed by atoms with Gasteiger partial charge >= 0.3 is 0 Å². The Kier molecular flexibility index (Phi) is 2.55. The van der Waals surface area contributed by atoms with Gasteiger partial charge in [0.25, 0.3) is 5.91 Å². The second-order valence-electron chi connectivity index (χ2n) is 3.30. The van der Waals surface area contributed by atoms with Gasteiger partial charge in [-0.3, -0.25) is 15.1 Å². The van der Waals surface area contributed by atoms with Crippen molar-refractivity contribution in [1.82, 2.24) is 10.3 Å². The number of nitrogens with two attached hydrogens (primary N) is 1. The smallest absolute Gasteiger partial charge is 0.251 e. The Hall–Kier alpha value is -1.98. The van der Waals surface area contributed by atoms with Crippen molar-refractivity contribution in [2.45, 2.75) is 12.8 Å². The van der Waals surface area contributed by atoms with Crippen molar-refractivity contribution in [3.63, 3.8) is 0 Å². The number of amides is 1. The maximum Gasteiger partial charge on any atom is 0.251 e. The van der Waals surface area contributed by atoms with E-state index in [1.807, 2.05) is 0 Å². The third-order valence-corrected chi connectivity index (χ3v) is 2.14. The van der Waals surface area contributed by atoms with Crippen molar-refractivity contribution >= 4 is 17.7 Å². The molecule has 0 saturated heterocycles. The lowest BCUT2D eigenvalue weighted by Gasteiger charge is -2.07. The first-order chi connectivity index (χ1) is 7.58. The number of carbonyl (C=O) groups excluding carboxylic acids is 1. The number of primary amides is 1. The van der Waals surface area contributed by atoms with Gasteiger partial charge in [-0.1, -0.05) is 0 Å². The number of hydrogen-bond acceptors (Lipinski definition) is 2. The fourth-order valence-corrected chi connectivity index (χ4v) is 1.50. The van der Waals surface area contributed by atoms with Gasteiger partial charge in [0, 0.05) is 11.9 Å². The highest BCUT2D eigenvalue weighted by Crippen LogP contribution is 2.27. The largest absolute Gasteiger partial charge is 0.366 e. The lowest BCUT2D eigenvalue weighted by Crippen LogP contribution is -2.15.